The first-order valence-corrected chi connectivity index (χ1v) is 11.7. The largest absolute Gasteiger partial charge is 0.384 e. The fraction of sp³-hybridized carbons (Fsp3) is 0.650. The van der Waals surface area contributed by atoms with Crippen molar-refractivity contribution in [2.24, 2.45) is 0 Å². The quantitative estimate of drug-likeness (QED) is 0.782. The Morgan fingerprint density at radius 1 is 0.929 bits per heavy atom. The predicted molar refractivity (Wildman–Crippen MR) is 111 cm³/mol. The van der Waals surface area contributed by atoms with Crippen molar-refractivity contribution in [2.75, 3.05) is 51.1 Å². The summed E-state index contributed by atoms with van der Waals surface area (Å²) in [4.78, 5) is 14.3. The van der Waals surface area contributed by atoms with Crippen LogP contribution in [0.25, 0.3) is 0 Å². The monoisotopic (exact) mass is 408 g/mol. The molecule has 3 rings (SSSR count). The third-order valence-corrected chi connectivity index (χ3v) is 7.64. The summed E-state index contributed by atoms with van der Waals surface area (Å²) < 4.78 is 28.9. The predicted octanol–water partition coefficient (Wildman–Crippen LogP) is 2.06. The number of carbonyl (C=O) groups is 1. The standard InChI is InChI=1S/C20H32N4O3S/c1-18-8-4-5-9-19(18)21-11-10-20(25)22-14-16-24(17-15-22)28(26,27)23-12-6-2-3-7-13-23/h4-5,8-9,21H,2-3,6-7,10-17H2,1H3. The number of para-hydroxylation sites is 1. The molecule has 0 bridgehead atoms. The second-order valence-corrected chi connectivity index (χ2v) is 9.52. The first kappa shape index (κ1) is 21.1. The van der Waals surface area contributed by atoms with Crippen molar-refractivity contribution in [3.05, 3.63) is 29.8 Å². The van der Waals surface area contributed by atoms with E-state index in [0.717, 1.165) is 36.9 Å². The number of rotatable bonds is 6. The van der Waals surface area contributed by atoms with Crippen LogP contribution in [0.1, 0.15) is 37.7 Å². The number of carbonyl (C=O) groups excluding carboxylic acids is 1. The van der Waals surface area contributed by atoms with Crippen LogP contribution in [0.15, 0.2) is 24.3 Å². The Bertz CT molecular complexity index is 752. The molecule has 1 aromatic rings. The molecule has 2 aliphatic rings. The van der Waals surface area contributed by atoms with Crippen LogP contribution in [-0.2, 0) is 15.0 Å². The van der Waals surface area contributed by atoms with Gasteiger partial charge in [-0.15, -0.1) is 0 Å². The lowest BCUT2D eigenvalue weighted by atomic mass is 10.2. The molecule has 0 aromatic heterocycles. The van der Waals surface area contributed by atoms with Gasteiger partial charge in [0.05, 0.1) is 0 Å². The van der Waals surface area contributed by atoms with Gasteiger partial charge < -0.3 is 10.2 Å². The van der Waals surface area contributed by atoms with Gasteiger partial charge in [-0.1, -0.05) is 31.0 Å². The molecule has 7 nitrogen and oxygen atoms in total. The minimum absolute atomic E-state index is 0.0768. The van der Waals surface area contributed by atoms with Crippen molar-refractivity contribution in [3.8, 4) is 0 Å². The van der Waals surface area contributed by atoms with Crippen LogP contribution in [0.3, 0.4) is 0 Å². The number of nitrogens with one attached hydrogen (secondary N) is 1. The van der Waals surface area contributed by atoms with E-state index in [1.807, 2.05) is 31.2 Å². The Morgan fingerprint density at radius 3 is 2.18 bits per heavy atom. The van der Waals surface area contributed by atoms with Gasteiger partial charge in [-0.05, 0) is 31.4 Å². The fourth-order valence-corrected chi connectivity index (χ4v) is 5.51. The number of nitrogens with zero attached hydrogens (tertiary/aromatic N) is 3. The van der Waals surface area contributed by atoms with Gasteiger partial charge >= 0.3 is 0 Å². The molecule has 1 aromatic carbocycles. The fourth-order valence-electron chi connectivity index (χ4n) is 3.84. The van der Waals surface area contributed by atoms with Gasteiger partial charge in [0.1, 0.15) is 0 Å². The summed E-state index contributed by atoms with van der Waals surface area (Å²) in [5, 5.41) is 3.30. The molecular weight excluding hydrogens is 376 g/mol. The van der Waals surface area contributed by atoms with E-state index in [9.17, 15) is 13.2 Å². The molecule has 156 valence electrons. The summed E-state index contributed by atoms with van der Waals surface area (Å²) in [6, 6.07) is 8.01. The topological polar surface area (TPSA) is 73.0 Å². The number of hydrogen-bond acceptors (Lipinski definition) is 4. The maximum atomic E-state index is 12.9. The molecule has 0 unspecified atom stereocenters. The molecule has 0 spiro atoms. The van der Waals surface area contributed by atoms with Crippen LogP contribution in [0, 0.1) is 6.92 Å². The Morgan fingerprint density at radius 2 is 1.54 bits per heavy atom. The number of aryl methyl sites for hydroxylation is 1. The normalized spacial score (nSPS) is 20.0. The molecule has 2 aliphatic heterocycles. The van der Waals surface area contributed by atoms with Gasteiger partial charge in [-0.2, -0.15) is 17.0 Å². The van der Waals surface area contributed by atoms with Crippen molar-refractivity contribution < 1.29 is 13.2 Å². The minimum atomic E-state index is -3.40. The molecule has 8 heteroatoms. The van der Waals surface area contributed by atoms with Crippen molar-refractivity contribution >= 4 is 21.8 Å². The maximum Gasteiger partial charge on any atom is 0.282 e. The van der Waals surface area contributed by atoms with Crippen LogP contribution in [-0.4, -0.2) is 73.6 Å². The Kier molecular flexibility index (Phi) is 7.31. The molecule has 2 saturated heterocycles. The van der Waals surface area contributed by atoms with E-state index < -0.39 is 10.2 Å². The molecule has 0 atom stereocenters. The van der Waals surface area contributed by atoms with Gasteiger partial charge in [-0.3, -0.25) is 4.79 Å². The first-order valence-electron chi connectivity index (χ1n) is 10.3. The third kappa shape index (κ3) is 5.24. The van der Waals surface area contributed by atoms with E-state index in [1.54, 1.807) is 13.5 Å². The molecule has 2 fully saturated rings. The highest BCUT2D eigenvalue weighted by atomic mass is 32.2. The van der Waals surface area contributed by atoms with Crippen LogP contribution in [0.2, 0.25) is 0 Å². The molecule has 0 aliphatic carbocycles. The van der Waals surface area contributed by atoms with E-state index in [2.05, 4.69) is 5.32 Å². The summed E-state index contributed by atoms with van der Waals surface area (Å²) in [6.07, 6.45) is 4.49. The smallest absolute Gasteiger partial charge is 0.282 e. The number of benzene rings is 1. The highest BCUT2D eigenvalue weighted by Gasteiger charge is 2.33. The summed E-state index contributed by atoms with van der Waals surface area (Å²) in [5.41, 5.74) is 2.20. The van der Waals surface area contributed by atoms with Crippen LogP contribution in [0.4, 0.5) is 5.69 Å². The number of piperazine rings is 1. The SMILES string of the molecule is Cc1ccccc1NCCC(=O)N1CCN(S(=O)(=O)N2CCCCCC2)CC1. The molecule has 0 saturated carbocycles. The second kappa shape index (κ2) is 9.71. The highest BCUT2D eigenvalue weighted by Crippen LogP contribution is 2.18. The second-order valence-electron chi connectivity index (χ2n) is 7.59. The third-order valence-electron chi connectivity index (χ3n) is 5.61. The van der Waals surface area contributed by atoms with E-state index in [1.165, 1.54) is 0 Å². The Hall–Kier alpha value is -1.64. The maximum absolute atomic E-state index is 12.9. The lowest BCUT2D eigenvalue weighted by Crippen LogP contribution is -2.54. The zero-order chi connectivity index (χ0) is 20.0. The first-order chi connectivity index (χ1) is 13.5. The highest BCUT2D eigenvalue weighted by molar-refractivity contribution is 7.86. The Labute approximate surface area is 168 Å². The summed E-state index contributed by atoms with van der Waals surface area (Å²) in [6.45, 7) is 5.56. The number of hydrogen-bond donors (Lipinski definition) is 1. The van der Waals surface area contributed by atoms with Crippen molar-refractivity contribution in [2.45, 2.75) is 39.0 Å². The Balaban J connectivity index is 1.45. The van der Waals surface area contributed by atoms with Gasteiger partial charge in [0.2, 0.25) is 5.91 Å². The molecule has 28 heavy (non-hydrogen) atoms. The van der Waals surface area contributed by atoms with Gasteiger partial charge in [0.25, 0.3) is 10.2 Å². The van der Waals surface area contributed by atoms with E-state index >= 15 is 0 Å². The van der Waals surface area contributed by atoms with Crippen LogP contribution in [0.5, 0.6) is 0 Å². The minimum Gasteiger partial charge on any atom is -0.384 e. The van der Waals surface area contributed by atoms with Gasteiger partial charge in [-0.25, -0.2) is 0 Å². The average molecular weight is 409 g/mol. The lowest BCUT2D eigenvalue weighted by molar-refractivity contribution is -0.132. The molecule has 0 radical (unpaired) electrons. The summed E-state index contributed by atoms with van der Waals surface area (Å²) >= 11 is 0. The van der Waals surface area contributed by atoms with Crippen molar-refractivity contribution in [1.82, 2.24) is 13.5 Å². The van der Waals surface area contributed by atoms with E-state index in [0.29, 0.717) is 52.2 Å². The van der Waals surface area contributed by atoms with Crippen LogP contribution < -0.4 is 5.32 Å². The molecule has 1 N–H and O–H groups in total. The lowest BCUT2D eigenvalue weighted by Gasteiger charge is -2.36. The van der Waals surface area contributed by atoms with E-state index in [-0.39, 0.29) is 5.91 Å². The van der Waals surface area contributed by atoms with Gasteiger partial charge in [0, 0.05) is 57.9 Å². The zero-order valence-electron chi connectivity index (χ0n) is 16.8. The van der Waals surface area contributed by atoms with Gasteiger partial charge in [0.15, 0.2) is 0 Å². The average Bonchev–Trinajstić information content (AvgIpc) is 2.99. The van der Waals surface area contributed by atoms with E-state index in [4.69, 9.17) is 0 Å². The molecule has 2 heterocycles. The molecular formula is C20H32N4O3S. The van der Waals surface area contributed by atoms with Crippen molar-refractivity contribution in [1.29, 1.82) is 0 Å². The number of anilines is 1. The van der Waals surface area contributed by atoms with Crippen molar-refractivity contribution in [3.63, 3.8) is 0 Å². The zero-order valence-corrected chi connectivity index (χ0v) is 17.6. The number of amides is 1. The molecule has 1 amide bonds. The summed E-state index contributed by atoms with van der Waals surface area (Å²) in [7, 11) is -3.40. The van der Waals surface area contributed by atoms with Crippen LogP contribution >= 0.6 is 0 Å². The summed E-state index contributed by atoms with van der Waals surface area (Å²) in [5.74, 6) is 0.0768.